The van der Waals surface area contributed by atoms with E-state index in [0.29, 0.717) is 33.7 Å². The van der Waals surface area contributed by atoms with Crippen LogP contribution in [-0.2, 0) is 4.79 Å². The minimum absolute atomic E-state index is 0.0231. The van der Waals surface area contributed by atoms with Gasteiger partial charge in [-0.05, 0) is 50.3 Å². The average Bonchev–Trinajstić information content (AvgIpc) is 3.53. The molecule has 1 aliphatic heterocycles. The maximum atomic E-state index is 16.1. The number of nitrogens with one attached hydrogen (secondary N) is 3. The van der Waals surface area contributed by atoms with Crippen molar-refractivity contribution in [1.82, 2.24) is 30.1 Å². The Morgan fingerprint density at radius 1 is 1.03 bits per heavy atom. The van der Waals surface area contributed by atoms with Crippen molar-refractivity contribution in [2.75, 3.05) is 23.3 Å². The SMILES string of the molecule is O=C(Nc1cncc(-c2ncc3[nH]nc(-c4nc5c(N6CCCCC6)cccc5[nH]4)c3c2F)c1)C1CCC1. The molecule has 1 saturated carbocycles. The summed E-state index contributed by atoms with van der Waals surface area (Å²) < 4.78 is 16.1. The first-order chi connectivity index (χ1) is 18.7. The second-order valence-electron chi connectivity index (χ2n) is 10.2. The summed E-state index contributed by atoms with van der Waals surface area (Å²) in [6, 6.07) is 7.79. The van der Waals surface area contributed by atoms with Gasteiger partial charge in [0.15, 0.2) is 11.6 Å². The van der Waals surface area contributed by atoms with E-state index in [1.54, 1.807) is 24.7 Å². The number of carbonyl (C=O) groups excluding carboxylic acids is 1. The first-order valence-corrected chi connectivity index (χ1v) is 13.2. The van der Waals surface area contributed by atoms with Crippen molar-refractivity contribution >= 4 is 39.2 Å². The number of rotatable bonds is 5. The number of hydrogen-bond acceptors (Lipinski definition) is 6. The molecule has 2 fully saturated rings. The van der Waals surface area contributed by atoms with Gasteiger partial charge >= 0.3 is 0 Å². The smallest absolute Gasteiger partial charge is 0.227 e. The molecular weight excluding hydrogens is 483 g/mol. The van der Waals surface area contributed by atoms with Gasteiger partial charge in [-0.1, -0.05) is 12.5 Å². The van der Waals surface area contributed by atoms with E-state index in [4.69, 9.17) is 4.98 Å². The molecule has 10 heteroatoms. The Hall–Kier alpha value is -4.34. The molecule has 3 N–H and O–H groups in total. The third-order valence-electron chi connectivity index (χ3n) is 7.71. The minimum Gasteiger partial charge on any atom is -0.370 e. The molecule has 0 bridgehead atoms. The number of carbonyl (C=O) groups is 1. The fourth-order valence-corrected chi connectivity index (χ4v) is 5.42. The number of para-hydroxylation sites is 1. The lowest BCUT2D eigenvalue weighted by Crippen LogP contribution is -2.29. The zero-order chi connectivity index (χ0) is 25.6. The van der Waals surface area contributed by atoms with E-state index in [1.807, 2.05) is 12.1 Å². The first kappa shape index (κ1) is 22.8. The highest BCUT2D eigenvalue weighted by molar-refractivity contribution is 5.98. The molecule has 4 aromatic heterocycles. The fourth-order valence-electron chi connectivity index (χ4n) is 5.42. The Kier molecular flexibility index (Phi) is 5.52. The van der Waals surface area contributed by atoms with Crippen molar-refractivity contribution in [3.05, 3.63) is 48.7 Å². The zero-order valence-corrected chi connectivity index (χ0v) is 20.8. The van der Waals surface area contributed by atoms with Crippen LogP contribution in [0.15, 0.2) is 42.9 Å². The summed E-state index contributed by atoms with van der Waals surface area (Å²) in [6.07, 6.45) is 11.1. The highest BCUT2D eigenvalue weighted by atomic mass is 19.1. The standard InChI is InChI=1S/C28H27FN8O/c29-23-22-20(15-31-24(23)17-12-18(14-30-13-17)32-28(38)16-6-4-7-16)35-36-26(22)27-33-19-8-5-9-21(25(19)34-27)37-10-2-1-3-11-37/h5,8-9,12-16H,1-4,6-7,10-11H2,(H,32,38)(H,33,34)(H,35,36). The summed E-state index contributed by atoms with van der Waals surface area (Å²) in [5, 5.41) is 10.5. The van der Waals surface area contributed by atoms with Crippen LogP contribution in [0.1, 0.15) is 38.5 Å². The summed E-state index contributed by atoms with van der Waals surface area (Å²) in [4.78, 5) is 31.5. The lowest BCUT2D eigenvalue weighted by molar-refractivity contribution is -0.122. The van der Waals surface area contributed by atoms with Crippen LogP contribution in [0.4, 0.5) is 15.8 Å². The molecule has 9 nitrogen and oxygen atoms in total. The second kappa shape index (κ2) is 9.20. The van der Waals surface area contributed by atoms with Crippen LogP contribution >= 0.6 is 0 Å². The fraction of sp³-hybridized carbons (Fsp3) is 0.321. The number of anilines is 2. The number of aromatic nitrogens is 6. The molecule has 1 aliphatic carbocycles. The number of imidazole rings is 1. The number of hydrogen-bond donors (Lipinski definition) is 3. The molecule has 192 valence electrons. The molecule has 5 aromatic rings. The Bertz CT molecular complexity index is 1660. The molecule has 1 saturated heterocycles. The van der Waals surface area contributed by atoms with Crippen LogP contribution in [0.25, 0.3) is 44.7 Å². The number of fused-ring (bicyclic) bond motifs is 2. The van der Waals surface area contributed by atoms with Gasteiger partial charge in [-0.15, -0.1) is 0 Å². The van der Waals surface area contributed by atoms with Crippen LogP contribution in [0.5, 0.6) is 0 Å². The molecule has 1 aromatic carbocycles. The quantitative estimate of drug-likeness (QED) is 0.290. The third-order valence-corrected chi connectivity index (χ3v) is 7.71. The normalized spacial score (nSPS) is 16.2. The topological polar surface area (TPSA) is 115 Å². The number of amides is 1. The number of benzene rings is 1. The van der Waals surface area contributed by atoms with Crippen molar-refractivity contribution in [2.45, 2.75) is 38.5 Å². The van der Waals surface area contributed by atoms with E-state index in [1.165, 1.54) is 19.3 Å². The van der Waals surface area contributed by atoms with E-state index >= 15 is 4.39 Å². The molecule has 38 heavy (non-hydrogen) atoms. The summed E-state index contributed by atoms with van der Waals surface area (Å²) in [5.41, 5.74) is 4.82. The van der Waals surface area contributed by atoms with E-state index in [-0.39, 0.29) is 17.5 Å². The van der Waals surface area contributed by atoms with Crippen LogP contribution in [0, 0.1) is 11.7 Å². The van der Waals surface area contributed by atoms with Gasteiger partial charge in [-0.3, -0.25) is 19.9 Å². The summed E-state index contributed by atoms with van der Waals surface area (Å²) in [7, 11) is 0. The van der Waals surface area contributed by atoms with Crippen molar-refractivity contribution in [2.24, 2.45) is 5.92 Å². The average molecular weight is 511 g/mol. The molecule has 0 atom stereocenters. The molecule has 1 amide bonds. The van der Waals surface area contributed by atoms with Crippen LogP contribution in [0.3, 0.4) is 0 Å². The molecular formula is C28H27FN8O. The van der Waals surface area contributed by atoms with Crippen molar-refractivity contribution in [3.63, 3.8) is 0 Å². The summed E-state index contributed by atoms with van der Waals surface area (Å²) >= 11 is 0. The molecule has 0 unspecified atom stereocenters. The predicted molar refractivity (Wildman–Crippen MR) is 144 cm³/mol. The molecule has 2 aliphatic rings. The van der Waals surface area contributed by atoms with Crippen LogP contribution in [0.2, 0.25) is 0 Å². The minimum atomic E-state index is -0.521. The molecule has 0 spiro atoms. The molecule has 7 rings (SSSR count). The number of piperidine rings is 1. The lowest BCUT2D eigenvalue weighted by atomic mass is 9.85. The van der Waals surface area contributed by atoms with E-state index in [9.17, 15) is 4.79 Å². The maximum absolute atomic E-state index is 16.1. The van der Waals surface area contributed by atoms with Gasteiger partial charge in [0, 0.05) is 30.8 Å². The Labute approximate surface area is 217 Å². The van der Waals surface area contributed by atoms with E-state index in [2.05, 4.69) is 41.4 Å². The van der Waals surface area contributed by atoms with Crippen molar-refractivity contribution in [3.8, 4) is 22.8 Å². The van der Waals surface area contributed by atoms with Gasteiger partial charge in [-0.2, -0.15) is 5.10 Å². The Morgan fingerprint density at radius 2 is 1.89 bits per heavy atom. The second-order valence-corrected chi connectivity index (χ2v) is 10.2. The number of H-pyrrole nitrogens is 2. The monoisotopic (exact) mass is 510 g/mol. The number of halogens is 1. The lowest BCUT2D eigenvalue weighted by Gasteiger charge is -2.28. The van der Waals surface area contributed by atoms with Gasteiger partial charge in [0.1, 0.15) is 16.9 Å². The van der Waals surface area contributed by atoms with Gasteiger partial charge in [0.25, 0.3) is 0 Å². The predicted octanol–water partition coefficient (Wildman–Crippen LogP) is 5.43. The highest BCUT2D eigenvalue weighted by Gasteiger charge is 2.26. The maximum Gasteiger partial charge on any atom is 0.227 e. The third kappa shape index (κ3) is 3.87. The van der Waals surface area contributed by atoms with Crippen LogP contribution in [-0.4, -0.2) is 49.1 Å². The Morgan fingerprint density at radius 3 is 2.71 bits per heavy atom. The van der Waals surface area contributed by atoms with Crippen molar-refractivity contribution in [1.29, 1.82) is 0 Å². The number of pyridine rings is 2. The largest absolute Gasteiger partial charge is 0.370 e. The Balaban J connectivity index is 1.27. The van der Waals surface area contributed by atoms with E-state index < -0.39 is 5.82 Å². The zero-order valence-electron chi connectivity index (χ0n) is 20.8. The van der Waals surface area contributed by atoms with Gasteiger partial charge in [-0.25, -0.2) is 9.37 Å². The first-order valence-electron chi connectivity index (χ1n) is 13.2. The van der Waals surface area contributed by atoms with Gasteiger partial charge < -0.3 is 15.2 Å². The highest BCUT2D eigenvalue weighted by Crippen LogP contribution is 2.35. The number of aromatic amines is 2. The summed E-state index contributed by atoms with van der Waals surface area (Å²) in [6.45, 7) is 2.01. The van der Waals surface area contributed by atoms with Crippen LogP contribution < -0.4 is 10.2 Å². The van der Waals surface area contributed by atoms with Gasteiger partial charge in [0.2, 0.25) is 5.91 Å². The summed E-state index contributed by atoms with van der Waals surface area (Å²) in [5.74, 6) is -0.0127. The number of nitrogens with zero attached hydrogens (tertiary/aromatic N) is 5. The van der Waals surface area contributed by atoms with Crippen molar-refractivity contribution < 1.29 is 9.18 Å². The molecule has 0 radical (unpaired) electrons. The van der Waals surface area contributed by atoms with E-state index in [0.717, 1.165) is 49.1 Å². The molecule has 5 heterocycles. The van der Waals surface area contributed by atoms with Gasteiger partial charge in [0.05, 0.1) is 40.2 Å².